The Morgan fingerprint density at radius 3 is 1.93 bits per heavy atom. The van der Waals surface area contributed by atoms with E-state index in [0.29, 0.717) is 63.6 Å². The number of amides is 6. The largest absolute Gasteiger partial charge is 0.512 e. The minimum Gasteiger partial charge on any atom is -0.461 e. The van der Waals surface area contributed by atoms with Gasteiger partial charge in [-0.1, -0.05) is 167 Å². The molecule has 0 saturated carbocycles. The number of nitrogens with one attached hydrogen (secondary N) is 1. The van der Waals surface area contributed by atoms with Crippen LogP contribution in [0.5, 0.6) is 0 Å². The van der Waals surface area contributed by atoms with E-state index in [2.05, 4.69) is 35.7 Å². The molecular weight excluding hydrogens is 885 g/mol. The van der Waals surface area contributed by atoms with Crippen LogP contribution in [0.3, 0.4) is 0 Å². The van der Waals surface area contributed by atoms with Gasteiger partial charge in [-0.15, -0.1) is 0 Å². The Kier molecular flexibility index (Phi) is 29.3. The molecule has 0 radical (unpaired) electrons. The highest BCUT2D eigenvalue weighted by Crippen LogP contribution is 2.25. The molecule has 3 atom stereocenters. The van der Waals surface area contributed by atoms with Crippen molar-refractivity contribution >= 4 is 42.1 Å². The number of benzene rings is 1. The van der Waals surface area contributed by atoms with Crippen molar-refractivity contribution in [3.63, 3.8) is 0 Å². The molecule has 0 aromatic heterocycles. The molecule has 70 heavy (non-hydrogen) atoms. The second-order valence-electron chi connectivity index (χ2n) is 18.3. The maximum atomic E-state index is 14.1. The molecule has 4 rings (SSSR count). The van der Waals surface area contributed by atoms with E-state index in [1.807, 2.05) is 78.9 Å². The predicted octanol–water partition coefficient (Wildman–Crippen LogP) is 10.9. The number of alkyl carbamates (subject to hydrolysis) is 1. The summed E-state index contributed by atoms with van der Waals surface area (Å²) in [6, 6.07) is 9.28. The van der Waals surface area contributed by atoms with Crippen LogP contribution >= 0.6 is 0 Å². The molecule has 13 heteroatoms. The van der Waals surface area contributed by atoms with E-state index < -0.39 is 18.0 Å². The van der Waals surface area contributed by atoms with Crippen molar-refractivity contribution in [3.8, 4) is 0 Å². The van der Waals surface area contributed by atoms with Gasteiger partial charge in [-0.2, -0.15) is 4.79 Å². The lowest BCUT2D eigenvalue weighted by Crippen LogP contribution is -2.88. The molecule has 3 aliphatic rings. The molecule has 6 amide bonds. The van der Waals surface area contributed by atoms with E-state index in [4.69, 9.17) is 14.2 Å². The number of allylic oxidation sites excluding steroid dienone is 10. The third-order valence-electron chi connectivity index (χ3n) is 12.6. The predicted molar refractivity (Wildman–Crippen MR) is 275 cm³/mol. The van der Waals surface area contributed by atoms with Crippen molar-refractivity contribution in [1.82, 2.24) is 15.1 Å². The van der Waals surface area contributed by atoms with E-state index in [1.54, 1.807) is 11.4 Å². The van der Waals surface area contributed by atoms with Gasteiger partial charge in [0.1, 0.15) is 19.8 Å². The number of rotatable bonds is 33. The second kappa shape index (κ2) is 36.2. The number of hydrogen-bond donors (Lipinski definition) is 2. The van der Waals surface area contributed by atoms with Crippen LogP contribution in [0.4, 0.5) is 14.4 Å². The molecule has 1 fully saturated rings. The number of carbonyl (C=O) groups excluding carboxylic acids is 6. The summed E-state index contributed by atoms with van der Waals surface area (Å²) in [4.78, 5) is 80.8. The van der Waals surface area contributed by atoms with E-state index in [1.165, 1.54) is 9.80 Å². The van der Waals surface area contributed by atoms with E-state index >= 15 is 0 Å². The van der Waals surface area contributed by atoms with Crippen molar-refractivity contribution in [2.24, 2.45) is 17.8 Å². The second-order valence-corrected chi connectivity index (χ2v) is 18.3. The average Bonchev–Trinajstić information content (AvgIpc) is 3.37. The van der Waals surface area contributed by atoms with Crippen molar-refractivity contribution in [3.05, 3.63) is 115 Å². The molecule has 2 aliphatic carbocycles. The van der Waals surface area contributed by atoms with Gasteiger partial charge in [0.05, 0.1) is 6.54 Å². The minimum absolute atomic E-state index is 0.154. The SMILES string of the molecule is O=C(CCCCCCCCCN1C(=O)CCC(CCCCCCNC(=O)OCC=Cc2ccccc2)C(=O)N(CCCCCC[NH2+]C(=O)OCC=CC2C=CC=CC2)C1=O)OCC=CC1C=CC=CC1. The smallest absolute Gasteiger partial charge is 0.461 e. The lowest BCUT2D eigenvalue weighted by atomic mass is 9.93. The van der Waals surface area contributed by atoms with Gasteiger partial charge in [0, 0.05) is 38.4 Å². The van der Waals surface area contributed by atoms with Crippen molar-refractivity contribution < 1.29 is 48.3 Å². The number of nitrogens with two attached hydrogens (primary N) is 1. The molecular formula is C57H81N4O9+. The van der Waals surface area contributed by atoms with Crippen LogP contribution in [0.1, 0.15) is 140 Å². The Morgan fingerprint density at radius 1 is 0.643 bits per heavy atom. The molecule has 1 heterocycles. The number of unbranched alkanes of at least 4 members (excludes halogenated alkanes) is 12. The quantitative estimate of drug-likeness (QED) is 0.0302. The molecule has 1 aliphatic heterocycles. The van der Waals surface area contributed by atoms with Gasteiger partial charge in [-0.05, 0) is 87.7 Å². The molecule has 0 bridgehead atoms. The van der Waals surface area contributed by atoms with E-state index in [-0.39, 0.29) is 56.6 Å². The highest BCUT2D eigenvalue weighted by molar-refractivity contribution is 6.04. The Bertz CT molecular complexity index is 1940. The molecule has 3 unspecified atom stereocenters. The van der Waals surface area contributed by atoms with Crippen LogP contribution in [0.25, 0.3) is 6.08 Å². The van der Waals surface area contributed by atoms with Gasteiger partial charge in [-0.3, -0.25) is 24.2 Å². The van der Waals surface area contributed by atoms with Crippen LogP contribution in [0.15, 0.2) is 109 Å². The van der Waals surface area contributed by atoms with Gasteiger partial charge < -0.3 is 19.5 Å². The third kappa shape index (κ3) is 25.2. The maximum absolute atomic E-state index is 14.1. The topological polar surface area (TPSA) is 165 Å². The fourth-order valence-electron chi connectivity index (χ4n) is 8.56. The van der Waals surface area contributed by atoms with Crippen LogP contribution < -0.4 is 10.6 Å². The first kappa shape index (κ1) is 56.8. The maximum Gasteiger partial charge on any atom is 0.512 e. The molecule has 1 aromatic rings. The number of quaternary nitrogens is 1. The van der Waals surface area contributed by atoms with Crippen LogP contribution in [-0.2, 0) is 28.6 Å². The lowest BCUT2D eigenvalue weighted by molar-refractivity contribution is -0.570. The molecule has 13 nitrogen and oxygen atoms in total. The first-order chi connectivity index (χ1) is 34.3. The number of ether oxygens (including phenoxy) is 3. The fraction of sp³-hybridized carbons (Fsp3) is 0.544. The lowest BCUT2D eigenvalue weighted by Gasteiger charge is -2.33. The van der Waals surface area contributed by atoms with Crippen molar-refractivity contribution in [1.29, 1.82) is 0 Å². The highest BCUT2D eigenvalue weighted by atomic mass is 16.6. The zero-order valence-corrected chi connectivity index (χ0v) is 41.6. The average molecular weight is 966 g/mol. The molecule has 0 spiro atoms. The summed E-state index contributed by atoms with van der Waals surface area (Å²) in [7, 11) is 0. The molecule has 1 aromatic carbocycles. The number of primary amides is 1. The van der Waals surface area contributed by atoms with E-state index in [0.717, 1.165) is 102 Å². The zero-order valence-electron chi connectivity index (χ0n) is 41.6. The zero-order chi connectivity index (χ0) is 49.7. The summed E-state index contributed by atoms with van der Waals surface area (Å²) in [6.45, 7) is 2.32. The van der Waals surface area contributed by atoms with Crippen LogP contribution in [-0.4, -0.2) is 91.8 Å². The Hall–Kier alpha value is -5.82. The summed E-state index contributed by atoms with van der Waals surface area (Å²) in [5.74, 6) is -0.329. The Morgan fingerprint density at radius 2 is 1.24 bits per heavy atom. The number of nitrogens with zero attached hydrogens (tertiary/aromatic N) is 2. The van der Waals surface area contributed by atoms with Crippen LogP contribution in [0, 0.1) is 17.8 Å². The van der Waals surface area contributed by atoms with Crippen LogP contribution in [0.2, 0.25) is 0 Å². The summed E-state index contributed by atoms with van der Waals surface area (Å²) < 4.78 is 15.9. The third-order valence-corrected chi connectivity index (χ3v) is 12.6. The highest BCUT2D eigenvalue weighted by Gasteiger charge is 2.36. The summed E-state index contributed by atoms with van der Waals surface area (Å²) in [6.07, 6.45) is 43.3. The normalized spacial score (nSPS) is 18.3. The summed E-state index contributed by atoms with van der Waals surface area (Å²) in [5, 5.41) is 4.36. The molecule has 1 saturated heterocycles. The van der Waals surface area contributed by atoms with E-state index in [9.17, 15) is 28.8 Å². The van der Waals surface area contributed by atoms with Gasteiger partial charge >= 0.3 is 24.2 Å². The number of imide groups is 2. The Balaban J connectivity index is 1.13. The summed E-state index contributed by atoms with van der Waals surface area (Å²) in [5.41, 5.74) is 1.04. The molecule has 3 N–H and O–H groups in total. The number of carbonyl (C=O) groups is 6. The number of esters is 1. The van der Waals surface area contributed by atoms with Gasteiger partial charge in [0.2, 0.25) is 11.8 Å². The summed E-state index contributed by atoms with van der Waals surface area (Å²) >= 11 is 0. The number of urea groups is 1. The standard InChI is InChI=1S/C57H80N4O9/c62-52-40-39-51(37-19-5-6-21-41-58-55(65)69-46-26-35-49-30-15-11-16-31-49)54(64)61(44-24-9-7-22-42-59-56(66)70-47-27-36-50-32-17-12-18-33-50)57(67)60(52)43-23-8-3-1-2-4-20-38-53(63)68-45-25-34-48-28-13-10-14-29-48/h10-18,25-28,30-32,34-36,48,50-51H,1-9,19-24,29,33,37-47H2,(H,58,65)(H,59,66)/p+1. The minimum atomic E-state index is -0.514. The van der Waals surface area contributed by atoms with Gasteiger partial charge in [-0.25, -0.2) is 14.9 Å². The van der Waals surface area contributed by atoms with Crippen molar-refractivity contribution in [2.45, 2.75) is 135 Å². The fourth-order valence-corrected chi connectivity index (χ4v) is 8.56. The van der Waals surface area contributed by atoms with Gasteiger partial charge in [0.15, 0.2) is 0 Å². The monoisotopic (exact) mass is 966 g/mol. The van der Waals surface area contributed by atoms with Gasteiger partial charge in [0.25, 0.3) is 0 Å². The molecule has 382 valence electrons. The first-order valence-corrected chi connectivity index (χ1v) is 26.2. The first-order valence-electron chi connectivity index (χ1n) is 26.2. The Labute approximate surface area is 417 Å². The van der Waals surface area contributed by atoms with Crippen molar-refractivity contribution in [2.75, 3.05) is 46.0 Å². The number of hydrogen-bond acceptors (Lipinski definition) is 9.